The van der Waals surface area contributed by atoms with Crippen molar-refractivity contribution in [2.24, 2.45) is 0 Å². The Balaban J connectivity index is 0.00000208. The number of benzene rings is 2. The van der Waals surface area contributed by atoms with Gasteiger partial charge in [0, 0.05) is 18.1 Å². The lowest BCUT2D eigenvalue weighted by molar-refractivity contribution is -0.134. The third-order valence-corrected chi connectivity index (χ3v) is 4.06. The fraction of sp³-hybridized carbons (Fsp3) is 0.278. The van der Waals surface area contributed by atoms with Crippen molar-refractivity contribution in [2.75, 3.05) is 19.7 Å². The molecular weight excluding hydrogens is 347 g/mol. The van der Waals surface area contributed by atoms with E-state index in [1.54, 1.807) is 0 Å². The number of carbonyl (C=O) groups is 1. The van der Waals surface area contributed by atoms with Crippen LogP contribution < -0.4 is 10.6 Å². The van der Waals surface area contributed by atoms with E-state index in [0.717, 1.165) is 17.7 Å². The van der Waals surface area contributed by atoms with Gasteiger partial charge in [-0.1, -0.05) is 54.1 Å². The van der Waals surface area contributed by atoms with Crippen LogP contribution in [0.15, 0.2) is 54.6 Å². The Labute approximate surface area is 153 Å². The quantitative estimate of drug-likeness (QED) is 0.874. The van der Waals surface area contributed by atoms with Crippen molar-refractivity contribution < 1.29 is 9.53 Å². The molecule has 6 heteroatoms. The second-order valence-corrected chi connectivity index (χ2v) is 5.91. The summed E-state index contributed by atoms with van der Waals surface area (Å²) in [5.74, 6) is -0.119. The maximum atomic E-state index is 12.5. The van der Waals surface area contributed by atoms with Crippen molar-refractivity contribution in [2.45, 2.75) is 12.1 Å². The van der Waals surface area contributed by atoms with Crippen LogP contribution >= 0.6 is 24.0 Å². The minimum absolute atomic E-state index is 0. The molecule has 3 rings (SSSR count). The molecule has 4 nitrogen and oxygen atoms in total. The Bertz CT molecular complexity index is 661. The predicted molar refractivity (Wildman–Crippen MR) is 97.7 cm³/mol. The summed E-state index contributed by atoms with van der Waals surface area (Å²) >= 11 is 6.11. The molecule has 24 heavy (non-hydrogen) atoms. The van der Waals surface area contributed by atoms with Gasteiger partial charge in [-0.2, -0.15) is 0 Å². The minimum atomic E-state index is -0.464. The fourth-order valence-electron chi connectivity index (χ4n) is 2.66. The summed E-state index contributed by atoms with van der Waals surface area (Å²) in [4.78, 5) is 12.5. The molecule has 2 atom stereocenters. The smallest absolute Gasteiger partial charge is 0.251 e. The van der Waals surface area contributed by atoms with E-state index < -0.39 is 6.10 Å². The van der Waals surface area contributed by atoms with Crippen molar-refractivity contribution in [3.05, 3.63) is 70.7 Å². The normalized spacial score (nSPS) is 18.3. The number of nitrogens with one attached hydrogen (secondary N) is 2. The zero-order valence-corrected chi connectivity index (χ0v) is 14.6. The molecule has 1 aliphatic heterocycles. The fourth-order valence-corrected chi connectivity index (χ4v) is 2.86. The van der Waals surface area contributed by atoms with E-state index >= 15 is 0 Å². The molecule has 1 saturated heterocycles. The lowest BCUT2D eigenvalue weighted by Gasteiger charge is -2.26. The van der Waals surface area contributed by atoms with Gasteiger partial charge in [-0.15, -0.1) is 12.4 Å². The summed E-state index contributed by atoms with van der Waals surface area (Å²) in [6.07, 6.45) is -0.464. The van der Waals surface area contributed by atoms with Crippen molar-refractivity contribution in [1.29, 1.82) is 0 Å². The standard InChI is InChI=1S/C18H19ClN2O2.ClH/c19-15-8-4-7-14(11-15)17(13-5-2-1-3-6-13)21-18(22)16-12-20-9-10-23-16;/h1-8,11,16-17,20H,9-10,12H2,(H,21,22);1H. The van der Waals surface area contributed by atoms with E-state index in [-0.39, 0.29) is 24.4 Å². The molecule has 0 saturated carbocycles. The topological polar surface area (TPSA) is 50.4 Å². The molecule has 2 unspecified atom stereocenters. The van der Waals surface area contributed by atoms with Crippen molar-refractivity contribution >= 4 is 29.9 Å². The van der Waals surface area contributed by atoms with Gasteiger partial charge in [0.1, 0.15) is 6.10 Å². The molecule has 0 spiro atoms. The van der Waals surface area contributed by atoms with Crippen LogP contribution in [0.2, 0.25) is 5.02 Å². The van der Waals surface area contributed by atoms with Gasteiger partial charge in [0.25, 0.3) is 5.91 Å². The second kappa shape index (κ2) is 9.04. The van der Waals surface area contributed by atoms with Crippen LogP contribution in [-0.4, -0.2) is 31.7 Å². The molecule has 1 heterocycles. The second-order valence-electron chi connectivity index (χ2n) is 5.47. The first kappa shape index (κ1) is 18.7. The van der Waals surface area contributed by atoms with Crippen LogP contribution in [0.5, 0.6) is 0 Å². The molecule has 128 valence electrons. The molecule has 1 aliphatic rings. The zero-order valence-electron chi connectivity index (χ0n) is 13.1. The largest absolute Gasteiger partial charge is 0.366 e. The van der Waals surface area contributed by atoms with E-state index in [9.17, 15) is 4.79 Å². The van der Waals surface area contributed by atoms with Gasteiger partial charge >= 0.3 is 0 Å². The Kier molecular flexibility index (Phi) is 7.06. The average molecular weight is 367 g/mol. The molecule has 1 fully saturated rings. The number of ether oxygens (including phenoxy) is 1. The highest BCUT2D eigenvalue weighted by atomic mass is 35.5. The highest BCUT2D eigenvalue weighted by Crippen LogP contribution is 2.24. The zero-order chi connectivity index (χ0) is 16.1. The van der Waals surface area contributed by atoms with Crippen LogP contribution in [0, 0.1) is 0 Å². The highest BCUT2D eigenvalue weighted by Gasteiger charge is 2.25. The van der Waals surface area contributed by atoms with E-state index in [1.807, 2.05) is 54.6 Å². The first-order valence-electron chi connectivity index (χ1n) is 7.67. The monoisotopic (exact) mass is 366 g/mol. The van der Waals surface area contributed by atoms with Crippen LogP contribution in [0.4, 0.5) is 0 Å². The van der Waals surface area contributed by atoms with Gasteiger partial charge in [-0.25, -0.2) is 0 Å². The van der Waals surface area contributed by atoms with Crippen LogP contribution in [0.25, 0.3) is 0 Å². The predicted octanol–water partition coefficient (Wildman–Crippen LogP) is 2.96. The van der Waals surface area contributed by atoms with Crippen LogP contribution in [-0.2, 0) is 9.53 Å². The van der Waals surface area contributed by atoms with Gasteiger partial charge in [0.15, 0.2) is 0 Å². The van der Waals surface area contributed by atoms with Crippen molar-refractivity contribution in [3.8, 4) is 0 Å². The SMILES string of the molecule is Cl.O=C(NC(c1ccccc1)c1cccc(Cl)c1)C1CNCCO1. The summed E-state index contributed by atoms with van der Waals surface area (Å²) in [6, 6.07) is 17.1. The molecule has 0 radical (unpaired) electrons. The number of rotatable bonds is 4. The molecule has 1 amide bonds. The molecule has 2 aromatic carbocycles. The van der Waals surface area contributed by atoms with Crippen molar-refractivity contribution in [3.63, 3.8) is 0 Å². The van der Waals surface area contributed by atoms with Gasteiger partial charge in [0.05, 0.1) is 12.6 Å². The van der Waals surface area contributed by atoms with Crippen LogP contribution in [0.1, 0.15) is 17.2 Å². The maximum Gasteiger partial charge on any atom is 0.251 e. The third kappa shape index (κ3) is 4.71. The van der Waals surface area contributed by atoms with Gasteiger partial charge in [-0.3, -0.25) is 4.79 Å². The first-order chi connectivity index (χ1) is 11.2. The Morgan fingerprint density at radius 1 is 1.17 bits per heavy atom. The molecule has 2 aromatic rings. The number of amides is 1. The molecule has 0 aliphatic carbocycles. The van der Waals surface area contributed by atoms with Crippen LogP contribution in [0.3, 0.4) is 0 Å². The third-order valence-electron chi connectivity index (χ3n) is 3.82. The molecule has 0 bridgehead atoms. The lowest BCUT2D eigenvalue weighted by atomic mass is 9.98. The number of hydrogen-bond acceptors (Lipinski definition) is 3. The van der Waals surface area contributed by atoms with Crippen molar-refractivity contribution in [1.82, 2.24) is 10.6 Å². The molecule has 0 aromatic heterocycles. The number of halogens is 2. The van der Waals surface area contributed by atoms with E-state index in [4.69, 9.17) is 16.3 Å². The molecular formula is C18H20Cl2N2O2. The van der Waals surface area contributed by atoms with Gasteiger partial charge in [0.2, 0.25) is 0 Å². The summed E-state index contributed by atoms with van der Waals surface area (Å²) in [7, 11) is 0. The van der Waals surface area contributed by atoms with Gasteiger partial charge in [-0.05, 0) is 23.3 Å². The Hall–Kier alpha value is -1.59. The number of hydrogen-bond donors (Lipinski definition) is 2. The van der Waals surface area contributed by atoms with E-state index in [0.29, 0.717) is 18.2 Å². The average Bonchev–Trinajstić information content (AvgIpc) is 2.61. The van der Waals surface area contributed by atoms with Gasteiger partial charge < -0.3 is 15.4 Å². The van der Waals surface area contributed by atoms with E-state index in [2.05, 4.69) is 10.6 Å². The summed E-state index contributed by atoms with van der Waals surface area (Å²) < 4.78 is 5.54. The summed E-state index contributed by atoms with van der Waals surface area (Å²) in [5, 5.41) is 6.90. The Morgan fingerprint density at radius 2 is 1.92 bits per heavy atom. The first-order valence-corrected chi connectivity index (χ1v) is 8.05. The number of carbonyl (C=O) groups excluding carboxylic acids is 1. The van der Waals surface area contributed by atoms with E-state index in [1.165, 1.54) is 0 Å². The lowest BCUT2D eigenvalue weighted by Crippen LogP contribution is -2.48. The maximum absolute atomic E-state index is 12.5. The summed E-state index contributed by atoms with van der Waals surface area (Å²) in [6.45, 7) is 1.86. The molecule has 2 N–H and O–H groups in total. The summed E-state index contributed by atoms with van der Waals surface area (Å²) in [5.41, 5.74) is 1.95. The Morgan fingerprint density at radius 3 is 2.58 bits per heavy atom. The highest BCUT2D eigenvalue weighted by molar-refractivity contribution is 6.30. The minimum Gasteiger partial charge on any atom is -0.366 e. The number of morpholine rings is 1.